The molecule has 3 heterocycles. The van der Waals surface area contributed by atoms with E-state index >= 15 is 0 Å². The quantitative estimate of drug-likeness (QED) is 0.411. The summed E-state index contributed by atoms with van der Waals surface area (Å²) in [7, 11) is 0. The van der Waals surface area contributed by atoms with Gasteiger partial charge in [0.1, 0.15) is 23.5 Å². The molecule has 0 spiro atoms. The number of hydrogen-bond donors (Lipinski definition) is 0. The van der Waals surface area contributed by atoms with Crippen LogP contribution in [0.4, 0.5) is 5.69 Å². The van der Waals surface area contributed by atoms with E-state index in [4.69, 9.17) is 4.74 Å². The Labute approximate surface area is 145 Å². The van der Waals surface area contributed by atoms with E-state index < -0.39 is 4.92 Å². The molecule has 25 heavy (non-hydrogen) atoms. The lowest BCUT2D eigenvalue weighted by molar-refractivity contribution is -0.384. The highest BCUT2D eigenvalue weighted by atomic mass is 32.1. The monoisotopic (exact) mass is 355 g/mol. The minimum atomic E-state index is -0.448. The molecule has 0 bridgehead atoms. The molecule has 0 saturated carbocycles. The summed E-state index contributed by atoms with van der Waals surface area (Å²) in [6.45, 7) is 4.29. The van der Waals surface area contributed by atoms with Crippen molar-refractivity contribution in [3.8, 4) is 5.75 Å². The van der Waals surface area contributed by atoms with E-state index in [-0.39, 0.29) is 12.3 Å². The molecule has 0 amide bonds. The molecule has 3 aromatic heterocycles. The molecule has 0 radical (unpaired) electrons. The Bertz CT molecular complexity index is 1100. The van der Waals surface area contributed by atoms with Crippen LogP contribution in [0.5, 0.6) is 5.75 Å². The van der Waals surface area contributed by atoms with Gasteiger partial charge in [-0.15, -0.1) is 16.4 Å². The second-order valence-corrected chi connectivity index (χ2v) is 6.75. The first-order chi connectivity index (χ1) is 12.0. The number of aryl methyl sites for hydroxylation is 2. The third kappa shape index (κ3) is 2.68. The number of nitrogens with zero attached hydrogens (tertiary/aromatic N) is 5. The number of hydrogen-bond acceptors (Lipinski definition) is 7. The first kappa shape index (κ1) is 15.5. The summed E-state index contributed by atoms with van der Waals surface area (Å²) in [6.07, 6.45) is 1.65. The lowest BCUT2D eigenvalue weighted by Gasteiger charge is -2.02. The molecule has 0 unspecified atom stereocenters. The number of aromatic nitrogens is 4. The van der Waals surface area contributed by atoms with Crippen LogP contribution >= 0.6 is 11.3 Å². The van der Waals surface area contributed by atoms with E-state index in [0.717, 1.165) is 21.4 Å². The highest BCUT2D eigenvalue weighted by molar-refractivity contribution is 7.18. The minimum Gasteiger partial charge on any atom is -0.486 e. The third-order valence-corrected chi connectivity index (χ3v) is 5.08. The number of rotatable bonds is 4. The molecule has 4 rings (SSSR count). The van der Waals surface area contributed by atoms with Gasteiger partial charge < -0.3 is 4.74 Å². The topological polar surface area (TPSA) is 95.5 Å². The number of non-ortho nitro benzene ring substituents is 1. The fourth-order valence-corrected chi connectivity index (χ4v) is 3.55. The fourth-order valence-electron chi connectivity index (χ4n) is 2.56. The summed E-state index contributed by atoms with van der Waals surface area (Å²) in [5.41, 5.74) is 1.94. The largest absolute Gasteiger partial charge is 0.486 e. The van der Waals surface area contributed by atoms with Crippen molar-refractivity contribution < 1.29 is 9.66 Å². The predicted octanol–water partition coefficient (Wildman–Crippen LogP) is 3.44. The molecule has 9 heteroatoms. The average molecular weight is 355 g/mol. The van der Waals surface area contributed by atoms with Crippen molar-refractivity contribution in [1.29, 1.82) is 0 Å². The van der Waals surface area contributed by atoms with Crippen LogP contribution in [-0.2, 0) is 6.61 Å². The number of nitro groups is 1. The predicted molar refractivity (Wildman–Crippen MR) is 93.1 cm³/mol. The van der Waals surface area contributed by atoms with Crippen molar-refractivity contribution in [2.24, 2.45) is 0 Å². The summed E-state index contributed by atoms with van der Waals surface area (Å²) >= 11 is 1.64. The van der Waals surface area contributed by atoms with Crippen LogP contribution < -0.4 is 4.74 Å². The van der Waals surface area contributed by atoms with Crippen LogP contribution in [0, 0.1) is 24.0 Å². The molecular weight excluding hydrogens is 342 g/mol. The molecule has 4 aromatic rings. The van der Waals surface area contributed by atoms with Crippen LogP contribution in [0.2, 0.25) is 0 Å². The lowest BCUT2D eigenvalue weighted by Crippen LogP contribution is -1.98. The van der Waals surface area contributed by atoms with E-state index in [1.807, 2.05) is 0 Å². The minimum absolute atomic E-state index is 0.0231. The van der Waals surface area contributed by atoms with Gasteiger partial charge in [-0.2, -0.15) is 0 Å². The van der Waals surface area contributed by atoms with Gasteiger partial charge in [0.05, 0.1) is 10.3 Å². The molecule has 0 aliphatic heterocycles. The zero-order valence-electron chi connectivity index (χ0n) is 13.5. The molecule has 0 saturated heterocycles. The van der Waals surface area contributed by atoms with E-state index in [2.05, 4.69) is 28.9 Å². The molecule has 8 nitrogen and oxygen atoms in total. The Hall–Kier alpha value is -3.07. The van der Waals surface area contributed by atoms with E-state index in [0.29, 0.717) is 11.6 Å². The van der Waals surface area contributed by atoms with E-state index in [9.17, 15) is 10.1 Å². The maximum Gasteiger partial charge on any atom is 0.269 e. The Balaban J connectivity index is 1.61. The van der Waals surface area contributed by atoms with Gasteiger partial charge in [-0.05, 0) is 31.5 Å². The van der Waals surface area contributed by atoms with Crippen LogP contribution in [-0.4, -0.2) is 24.5 Å². The van der Waals surface area contributed by atoms with Gasteiger partial charge in [0.25, 0.3) is 5.69 Å². The van der Waals surface area contributed by atoms with Crippen molar-refractivity contribution in [3.05, 3.63) is 57.0 Å². The van der Waals surface area contributed by atoms with Crippen molar-refractivity contribution in [2.75, 3.05) is 0 Å². The van der Waals surface area contributed by atoms with Crippen LogP contribution in [0.25, 0.3) is 15.9 Å². The third-order valence-electron chi connectivity index (χ3n) is 3.97. The van der Waals surface area contributed by atoms with Crippen molar-refractivity contribution in [2.45, 2.75) is 20.5 Å². The second-order valence-electron chi connectivity index (χ2n) is 5.54. The van der Waals surface area contributed by atoms with Gasteiger partial charge in [-0.3, -0.25) is 10.1 Å². The lowest BCUT2D eigenvalue weighted by atomic mass is 10.2. The second kappa shape index (κ2) is 5.78. The van der Waals surface area contributed by atoms with Crippen LogP contribution in [0.3, 0.4) is 0 Å². The van der Waals surface area contributed by atoms with Gasteiger partial charge in [0.15, 0.2) is 11.5 Å². The Morgan fingerprint density at radius 1 is 1.28 bits per heavy atom. The normalized spacial score (nSPS) is 11.3. The fraction of sp³-hybridized carbons (Fsp3) is 0.188. The SMILES string of the molecule is Cc1sc2ncn3nc(COc4ccc([N+](=O)[O-])cc4)nc3c2c1C. The summed E-state index contributed by atoms with van der Waals surface area (Å²) in [4.78, 5) is 21.4. The maximum atomic E-state index is 10.7. The van der Waals surface area contributed by atoms with Crippen LogP contribution in [0.1, 0.15) is 16.3 Å². The Morgan fingerprint density at radius 2 is 2.04 bits per heavy atom. The zero-order chi connectivity index (χ0) is 17.6. The standard InChI is InChI=1S/C16H13N5O3S/c1-9-10(2)25-16-14(9)15-18-13(19-20(15)8-17-16)7-24-12-5-3-11(4-6-12)21(22)23/h3-6,8H,7H2,1-2H3. The molecule has 0 aliphatic carbocycles. The Kier molecular flexibility index (Phi) is 3.57. The number of benzene rings is 1. The number of thiophene rings is 1. The van der Waals surface area contributed by atoms with Gasteiger partial charge >= 0.3 is 0 Å². The van der Waals surface area contributed by atoms with Crippen LogP contribution in [0.15, 0.2) is 30.6 Å². The molecular formula is C16H13N5O3S. The maximum absolute atomic E-state index is 10.7. The molecule has 0 N–H and O–H groups in total. The van der Waals surface area contributed by atoms with Crippen molar-refractivity contribution in [1.82, 2.24) is 19.6 Å². The first-order valence-electron chi connectivity index (χ1n) is 7.50. The smallest absolute Gasteiger partial charge is 0.269 e. The first-order valence-corrected chi connectivity index (χ1v) is 8.32. The molecule has 0 atom stereocenters. The van der Waals surface area contributed by atoms with Crippen molar-refractivity contribution in [3.63, 3.8) is 0 Å². The van der Waals surface area contributed by atoms with Gasteiger partial charge in [-0.25, -0.2) is 14.5 Å². The molecule has 0 fully saturated rings. The van der Waals surface area contributed by atoms with E-state index in [1.165, 1.54) is 17.0 Å². The van der Waals surface area contributed by atoms with Crippen molar-refractivity contribution >= 4 is 32.9 Å². The summed E-state index contributed by atoms with van der Waals surface area (Å²) in [5, 5.41) is 16.1. The number of nitro benzene ring substituents is 1. The van der Waals surface area contributed by atoms with Gasteiger partial charge in [0, 0.05) is 17.0 Å². The van der Waals surface area contributed by atoms with Gasteiger partial charge in [-0.1, -0.05) is 0 Å². The highest BCUT2D eigenvalue weighted by Crippen LogP contribution is 2.30. The summed E-state index contributed by atoms with van der Waals surface area (Å²) < 4.78 is 7.27. The molecule has 1 aromatic carbocycles. The van der Waals surface area contributed by atoms with Gasteiger partial charge in [0.2, 0.25) is 0 Å². The Morgan fingerprint density at radius 3 is 2.76 bits per heavy atom. The number of ether oxygens (including phenoxy) is 1. The molecule has 0 aliphatic rings. The average Bonchev–Trinajstić information content (AvgIpc) is 3.14. The van der Waals surface area contributed by atoms with E-state index in [1.54, 1.807) is 34.3 Å². The summed E-state index contributed by atoms with van der Waals surface area (Å²) in [6, 6.07) is 5.91. The summed E-state index contributed by atoms with van der Waals surface area (Å²) in [5.74, 6) is 1.05. The molecule has 126 valence electrons. The highest BCUT2D eigenvalue weighted by Gasteiger charge is 2.14. The zero-order valence-corrected chi connectivity index (χ0v) is 14.3. The number of fused-ring (bicyclic) bond motifs is 3.